The quantitative estimate of drug-likeness (QED) is 0.502. The van der Waals surface area contributed by atoms with E-state index in [1.165, 1.54) is 11.8 Å². The highest BCUT2D eigenvalue weighted by Gasteiger charge is 2.47. The molecule has 0 bridgehead atoms. The highest BCUT2D eigenvalue weighted by molar-refractivity contribution is 8.15. The number of amidine groups is 1. The number of rotatable bonds is 8. The van der Waals surface area contributed by atoms with Crippen LogP contribution in [0.4, 0.5) is 0 Å². The first kappa shape index (κ1) is 23.9. The van der Waals surface area contributed by atoms with E-state index in [4.69, 9.17) is 14.2 Å². The molecule has 0 spiro atoms. The number of fused-ring (bicyclic) bond motifs is 1. The lowest BCUT2D eigenvalue weighted by atomic mass is 9.93. The van der Waals surface area contributed by atoms with Crippen molar-refractivity contribution in [1.82, 2.24) is 4.90 Å². The topological polar surface area (TPSA) is 77.4 Å². The molecule has 2 atom stereocenters. The van der Waals surface area contributed by atoms with Crippen molar-refractivity contribution in [3.8, 4) is 11.5 Å². The van der Waals surface area contributed by atoms with Crippen LogP contribution in [0.3, 0.4) is 0 Å². The fourth-order valence-corrected chi connectivity index (χ4v) is 5.23. The van der Waals surface area contributed by atoms with Gasteiger partial charge in [-0.2, -0.15) is 0 Å². The third-order valence-electron chi connectivity index (χ3n) is 5.76. The Morgan fingerprint density at radius 1 is 1.12 bits per heavy atom. The Balaban J connectivity index is 1.74. The Morgan fingerprint density at radius 2 is 1.88 bits per heavy atom. The van der Waals surface area contributed by atoms with Gasteiger partial charge < -0.3 is 14.2 Å². The second-order valence-corrected chi connectivity index (χ2v) is 9.09. The molecule has 4 rings (SSSR count). The Labute approximate surface area is 203 Å². The minimum atomic E-state index is -0.670. The highest BCUT2D eigenvalue weighted by Crippen LogP contribution is 2.45. The van der Waals surface area contributed by atoms with Crippen LogP contribution in [0.25, 0.3) is 0 Å². The number of thioether (sulfide) groups is 1. The van der Waals surface area contributed by atoms with Crippen molar-refractivity contribution in [1.29, 1.82) is 0 Å². The lowest BCUT2D eigenvalue weighted by Crippen LogP contribution is -2.40. The summed E-state index contributed by atoms with van der Waals surface area (Å²) in [7, 11) is 1.56. The predicted octanol–water partition coefficient (Wildman–Crippen LogP) is 4.88. The molecule has 0 aromatic heterocycles. The molecule has 0 N–H and O–H groups in total. The van der Waals surface area contributed by atoms with Crippen LogP contribution in [-0.4, -0.2) is 40.9 Å². The Morgan fingerprint density at radius 3 is 2.56 bits per heavy atom. The summed E-state index contributed by atoms with van der Waals surface area (Å²) in [4.78, 5) is 33.0. The van der Waals surface area contributed by atoms with Crippen LogP contribution >= 0.6 is 11.8 Å². The summed E-state index contributed by atoms with van der Waals surface area (Å²) >= 11 is 1.43. The van der Waals surface area contributed by atoms with Gasteiger partial charge in [-0.05, 0) is 43.5 Å². The molecule has 0 radical (unpaired) electrons. The largest absolute Gasteiger partial charge is 0.493 e. The smallest absolute Gasteiger partial charge is 0.338 e. The molecule has 178 valence electrons. The molecule has 2 aliphatic rings. The molecule has 0 saturated carbocycles. The zero-order chi connectivity index (χ0) is 24.2. The molecule has 2 aromatic rings. The molecule has 1 amide bonds. The van der Waals surface area contributed by atoms with Gasteiger partial charge in [-0.15, -0.1) is 0 Å². The van der Waals surface area contributed by atoms with E-state index < -0.39 is 12.0 Å². The molecule has 1 fully saturated rings. The van der Waals surface area contributed by atoms with Gasteiger partial charge in [0.05, 0.1) is 36.3 Å². The SMILES string of the molecule is CCOc1ccc([C@H]2C(C(=O)OCc3ccccc3)=C(C)N=C3S[C@@H](CC)C(=O)N32)cc1OC. The van der Waals surface area contributed by atoms with Crippen molar-refractivity contribution in [3.63, 3.8) is 0 Å². The highest BCUT2D eigenvalue weighted by atomic mass is 32.2. The van der Waals surface area contributed by atoms with E-state index in [0.717, 1.165) is 11.1 Å². The summed E-state index contributed by atoms with van der Waals surface area (Å²) < 4.78 is 16.9. The average molecular weight is 481 g/mol. The van der Waals surface area contributed by atoms with Crippen molar-refractivity contribution in [2.45, 2.75) is 45.1 Å². The van der Waals surface area contributed by atoms with Crippen molar-refractivity contribution >= 4 is 28.8 Å². The number of hydrogen-bond donors (Lipinski definition) is 0. The Kier molecular flexibility index (Phi) is 7.26. The molecule has 1 saturated heterocycles. The minimum absolute atomic E-state index is 0.0649. The number of benzene rings is 2. The van der Waals surface area contributed by atoms with Crippen molar-refractivity contribution < 1.29 is 23.8 Å². The first-order valence-corrected chi connectivity index (χ1v) is 12.2. The molecule has 2 aliphatic heterocycles. The van der Waals surface area contributed by atoms with Gasteiger partial charge in [0.1, 0.15) is 6.61 Å². The zero-order valence-electron chi connectivity index (χ0n) is 19.7. The summed E-state index contributed by atoms with van der Waals surface area (Å²) in [5.74, 6) is 0.565. The molecule has 34 heavy (non-hydrogen) atoms. The van der Waals surface area contributed by atoms with Gasteiger partial charge in [0, 0.05) is 0 Å². The number of esters is 1. The zero-order valence-corrected chi connectivity index (χ0v) is 20.6. The lowest BCUT2D eigenvalue weighted by Gasteiger charge is -2.33. The number of carbonyl (C=O) groups excluding carboxylic acids is 2. The number of hydrogen-bond acceptors (Lipinski definition) is 7. The summed E-state index contributed by atoms with van der Waals surface area (Å²) in [6, 6.07) is 14.3. The summed E-state index contributed by atoms with van der Waals surface area (Å²) in [6.07, 6.45) is 0.672. The second kappa shape index (κ2) is 10.3. The second-order valence-electron chi connectivity index (χ2n) is 7.92. The maximum atomic E-state index is 13.4. The van der Waals surface area contributed by atoms with E-state index in [1.54, 1.807) is 25.0 Å². The number of allylic oxidation sites excluding steroid dienone is 1. The van der Waals surface area contributed by atoms with E-state index in [2.05, 4.69) is 4.99 Å². The summed E-state index contributed by atoms with van der Waals surface area (Å²) in [6.45, 7) is 6.28. The number of ether oxygens (including phenoxy) is 3. The van der Waals surface area contributed by atoms with E-state index in [9.17, 15) is 9.59 Å². The maximum absolute atomic E-state index is 13.4. The molecule has 8 heteroatoms. The fraction of sp³-hybridized carbons (Fsp3) is 0.346. The van der Waals surface area contributed by atoms with Crippen LogP contribution in [0.2, 0.25) is 0 Å². The van der Waals surface area contributed by atoms with E-state index in [-0.39, 0.29) is 17.8 Å². The van der Waals surface area contributed by atoms with E-state index >= 15 is 0 Å². The van der Waals surface area contributed by atoms with Gasteiger partial charge in [-0.1, -0.05) is 55.1 Å². The van der Waals surface area contributed by atoms with Gasteiger partial charge in [0.15, 0.2) is 16.7 Å². The molecule has 0 unspecified atom stereocenters. The maximum Gasteiger partial charge on any atom is 0.338 e. The van der Waals surface area contributed by atoms with Crippen LogP contribution in [0, 0.1) is 0 Å². The lowest BCUT2D eigenvalue weighted by molar-refractivity contribution is -0.141. The van der Waals surface area contributed by atoms with Gasteiger partial charge in [0.25, 0.3) is 0 Å². The van der Waals surface area contributed by atoms with Crippen LogP contribution in [0.5, 0.6) is 11.5 Å². The first-order chi connectivity index (χ1) is 16.5. The third kappa shape index (κ3) is 4.55. The molecule has 7 nitrogen and oxygen atoms in total. The first-order valence-electron chi connectivity index (χ1n) is 11.3. The molecule has 0 aliphatic carbocycles. The predicted molar refractivity (Wildman–Crippen MR) is 132 cm³/mol. The molecular weight excluding hydrogens is 452 g/mol. The molecule has 2 heterocycles. The Hall–Kier alpha value is -3.26. The number of methoxy groups -OCH3 is 1. The number of nitrogens with zero attached hydrogens (tertiary/aromatic N) is 2. The fourth-order valence-electron chi connectivity index (χ4n) is 4.10. The molecule has 2 aromatic carbocycles. The average Bonchev–Trinajstić information content (AvgIpc) is 3.17. The van der Waals surface area contributed by atoms with E-state index in [0.29, 0.717) is 41.0 Å². The van der Waals surface area contributed by atoms with Gasteiger partial charge >= 0.3 is 5.97 Å². The van der Waals surface area contributed by atoms with E-state index in [1.807, 2.05) is 56.3 Å². The van der Waals surface area contributed by atoms with Crippen molar-refractivity contribution in [2.24, 2.45) is 4.99 Å². The van der Waals surface area contributed by atoms with Gasteiger partial charge in [-0.3, -0.25) is 9.69 Å². The van der Waals surface area contributed by atoms with Crippen molar-refractivity contribution in [3.05, 3.63) is 70.9 Å². The van der Waals surface area contributed by atoms with Crippen molar-refractivity contribution in [2.75, 3.05) is 13.7 Å². The summed E-state index contributed by atoms with van der Waals surface area (Å²) in [5, 5.41) is 0.366. The monoisotopic (exact) mass is 480 g/mol. The number of amides is 1. The normalized spacial score (nSPS) is 19.6. The number of carbonyl (C=O) groups is 2. The van der Waals surface area contributed by atoms with Gasteiger partial charge in [0.2, 0.25) is 5.91 Å². The van der Waals surface area contributed by atoms with Crippen LogP contribution in [0.1, 0.15) is 44.4 Å². The number of aliphatic imine (C=N–C) groups is 1. The van der Waals surface area contributed by atoms with Gasteiger partial charge in [-0.25, -0.2) is 9.79 Å². The molecular formula is C26H28N2O5S. The minimum Gasteiger partial charge on any atom is -0.493 e. The van der Waals surface area contributed by atoms with Crippen LogP contribution in [-0.2, 0) is 20.9 Å². The third-order valence-corrected chi connectivity index (χ3v) is 7.08. The standard InChI is InChI=1S/C26H28N2O5S/c1-5-21-24(29)28-23(18-12-13-19(32-6-2)20(14-18)31-4)22(16(3)27-26(28)34-21)25(30)33-15-17-10-8-7-9-11-17/h7-14,21,23H,5-6,15H2,1-4H3/t21-,23-/m0/s1. The Bertz CT molecular complexity index is 1150. The van der Waals surface area contributed by atoms with Crippen LogP contribution < -0.4 is 9.47 Å². The van der Waals surface area contributed by atoms with Crippen LogP contribution in [0.15, 0.2) is 64.8 Å². The summed E-state index contributed by atoms with van der Waals surface area (Å²) in [5.41, 5.74) is 2.49.